The molecule has 2 aromatic rings. The first kappa shape index (κ1) is 14.6. The molecule has 22 heavy (non-hydrogen) atoms. The number of nitrogens with one attached hydrogen (secondary N) is 1. The summed E-state index contributed by atoms with van der Waals surface area (Å²) in [6.07, 6.45) is 2.54. The average Bonchev–Trinajstić information content (AvgIpc) is 2.85. The van der Waals surface area contributed by atoms with Crippen molar-refractivity contribution in [3.63, 3.8) is 0 Å². The van der Waals surface area contributed by atoms with Crippen LogP contribution in [-0.4, -0.2) is 5.91 Å². The normalized spacial score (nSPS) is 20.0. The van der Waals surface area contributed by atoms with Crippen LogP contribution in [0.15, 0.2) is 30.3 Å². The molecule has 3 N–H and O–H groups in total. The maximum atomic E-state index is 12.9. The fourth-order valence-corrected chi connectivity index (χ4v) is 4.30. The number of nitriles is 1. The molecule has 1 aliphatic carbocycles. The van der Waals surface area contributed by atoms with E-state index in [1.165, 1.54) is 11.3 Å². The van der Waals surface area contributed by atoms with Gasteiger partial charge in [0.05, 0.1) is 11.0 Å². The van der Waals surface area contributed by atoms with E-state index in [1.54, 1.807) is 0 Å². The third-order valence-corrected chi connectivity index (χ3v) is 5.36. The van der Waals surface area contributed by atoms with Gasteiger partial charge in [-0.25, -0.2) is 0 Å². The first-order chi connectivity index (χ1) is 10.6. The summed E-state index contributed by atoms with van der Waals surface area (Å²) in [5.41, 5.74) is 7.34. The lowest BCUT2D eigenvalue weighted by Gasteiger charge is -2.33. The number of anilines is 2. The van der Waals surface area contributed by atoms with Crippen LogP contribution in [0.4, 0.5) is 10.7 Å². The van der Waals surface area contributed by atoms with Gasteiger partial charge in [0.1, 0.15) is 11.1 Å². The zero-order valence-corrected chi connectivity index (χ0v) is 13.2. The van der Waals surface area contributed by atoms with Gasteiger partial charge in [-0.2, -0.15) is 5.26 Å². The molecule has 1 unspecified atom stereocenters. The first-order valence-electron chi connectivity index (χ1n) is 7.24. The largest absolute Gasteiger partial charge is 0.389 e. The second-order valence-corrected chi connectivity index (χ2v) is 6.89. The molecule has 1 atom stereocenters. The third kappa shape index (κ3) is 2.26. The molecule has 0 saturated heterocycles. The number of para-hydroxylation sites is 1. The summed E-state index contributed by atoms with van der Waals surface area (Å²) in [4.78, 5) is 13.9. The van der Waals surface area contributed by atoms with Gasteiger partial charge < -0.3 is 11.1 Å². The Balaban J connectivity index is 2.01. The van der Waals surface area contributed by atoms with Crippen molar-refractivity contribution in [2.24, 2.45) is 0 Å². The minimum absolute atomic E-state index is 0.0750. The van der Waals surface area contributed by atoms with E-state index in [4.69, 9.17) is 5.73 Å². The maximum Gasteiger partial charge on any atom is 0.234 e. The molecule has 1 aromatic carbocycles. The molecular formula is C17H17N3OS. The van der Waals surface area contributed by atoms with Crippen molar-refractivity contribution < 1.29 is 4.79 Å². The molecule has 0 fully saturated rings. The molecule has 0 bridgehead atoms. The number of hydrogen-bond donors (Lipinski definition) is 2. The second kappa shape index (κ2) is 5.47. The van der Waals surface area contributed by atoms with Crippen LogP contribution in [0.25, 0.3) is 0 Å². The predicted molar refractivity (Wildman–Crippen MR) is 88.8 cm³/mol. The average molecular weight is 311 g/mol. The monoisotopic (exact) mass is 311 g/mol. The fourth-order valence-electron chi connectivity index (χ4n) is 3.11. The standard InChI is InChI=1S/C17H17N3OS/c1-17(16(21)20-11-6-3-2-4-7-11)9-5-8-13-14(17)12(10-18)15(19)22-13/h2-4,6-7H,5,8-9,19H2,1H3,(H,20,21). The highest BCUT2D eigenvalue weighted by Gasteiger charge is 2.42. The van der Waals surface area contributed by atoms with Crippen molar-refractivity contribution in [2.75, 3.05) is 11.1 Å². The maximum absolute atomic E-state index is 12.9. The molecular weight excluding hydrogens is 294 g/mol. The molecule has 0 saturated carbocycles. The molecule has 4 nitrogen and oxygen atoms in total. The summed E-state index contributed by atoms with van der Waals surface area (Å²) in [7, 11) is 0. The van der Waals surface area contributed by atoms with Gasteiger partial charge in [0.2, 0.25) is 5.91 Å². The molecule has 5 heteroatoms. The van der Waals surface area contributed by atoms with Crippen molar-refractivity contribution in [1.82, 2.24) is 0 Å². The smallest absolute Gasteiger partial charge is 0.234 e. The Morgan fingerprint density at radius 3 is 2.82 bits per heavy atom. The van der Waals surface area contributed by atoms with E-state index in [9.17, 15) is 10.1 Å². The Labute approximate surface area is 133 Å². The van der Waals surface area contributed by atoms with E-state index < -0.39 is 5.41 Å². The van der Waals surface area contributed by atoms with Crippen LogP contribution in [0, 0.1) is 11.3 Å². The number of thiophene rings is 1. The number of aryl methyl sites for hydroxylation is 1. The molecule has 1 amide bonds. The van der Waals surface area contributed by atoms with Gasteiger partial charge in [-0.1, -0.05) is 18.2 Å². The van der Waals surface area contributed by atoms with Gasteiger partial charge in [0.25, 0.3) is 0 Å². The van der Waals surface area contributed by atoms with Crippen molar-refractivity contribution in [2.45, 2.75) is 31.6 Å². The van der Waals surface area contributed by atoms with E-state index in [0.29, 0.717) is 10.6 Å². The Morgan fingerprint density at radius 2 is 2.14 bits per heavy atom. The van der Waals surface area contributed by atoms with Crippen molar-refractivity contribution >= 4 is 27.9 Å². The van der Waals surface area contributed by atoms with Gasteiger partial charge in [-0.3, -0.25) is 4.79 Å². The highest BCUT2D eigenvalue weighted by Crippen LogP contribution is 2.46. The second-order valence-electron chi connectivity index (χ2n) is 5.76. The Kier molecular flexibility index (Phi) is 3.63. The van der Waals surface area contributed by atoms with Crippen LogP contribution in [0.1, 0.15) is 35.8 Å². The fraction of sp³-hybridized carbons (Fsp3) is 0.294. The van der Waals surface area contributed by atoms with Gasteiger partial charge >= 0.3 is 0 Å². The lowest BCUT2D eigenvalue weighted by atomic mass is 9.72. The number of nitrogens with zero attached hydrogens (tertiary/aromatic N) is 1. The van der Waals surface area contributed by atoms with Gasteiger partial charge in [0, 0.05) is 16.1 Å². The molecule has 3 rings (SSSR count). The lowest BCUT2D eigenvalue weighted by molar-refractivity contribution is -0.121. The molecule has 1 aromatic heterocycles. The summed E-state index contributed by atoms with van der Waals surface area (Å²) >= 11 is 1.44. The Hall–Kier alpha value is -2.32. The summed E-state index contributed by atoms with van der Waals surface area (Å²) in [5, 5.41) is 12.9. The van der Waals surface area contributed by atoms with Gasteiger partial charge in [0.15, 0.2) is 0 Å². The van der Waals surface area contributed by atoms with Crippen molar-refractivity contribution in [1.29, 1.82) is 5.26 Å². The number of fused-ring (bicyclic) bond motifs is 1. The van der Waals surface area contributed by atoms with E-state index in [0.717, 1.165) is 35.4 Å². The molecule has 0 spiro atoms. The highest BCUT2D eigenvalue weighted by molar-refractivity contribution is 7.16. The molecule has 0 aliphatic heterocycles. The third-order valence-electron chi connectivity index (χ3n) is 4.29. The van der Waals surface area contributed by atoms with Crippen LogP contribution < -0.4 is 11.1 Å². The number of carbonyl (C=O) groups excluding carboxylic acids is 1. The van der Waals surface area contributed by atoms with Crippen LogP contribution in [0.3, 0.4) is 0 Å². The number of carbonyl (C=O) groups is 1. The molecule has 112 valence electrons. The topological polar surface area (TPSA) is 78.9 Å². The van der Waals surface area contributed by atoms with E-state index >= 15 is 0 Å². The van der Waals surface area contributed by atoms with Crippen LogP contribution in [0.5, 0.6) is 0 Å². The van der Waals surface area contributed by atoms with Crippen LogP contribution >= 0.6 is 11.3 Å². The Bertz CT molecular complexity index is 760. The van der Waals surface area contributed by atoms with Crippen LogP contribution in [0.2, 0.25) is 0 Å². The number of benzene rings is 1. The predicted octanol–water partition coefficient (Wildman–Crippen LogP) is 3.43. The quantitative estimate of drug-likeness (QED) is 0.891. The highest BCUT2D eigenvalue weighted by atomic mass is 32.1. The van der Waals surface area contributed by atoms with Gasteiger partial charge in [-0.15, -0.1) is 11.3 Å². The van der Waals surface area contributed by atoms with Crippen LogP contribution in [-0.2, 0) is 16.6 Å². The number of amides is 1. The zero-order valence-electron chi connectivity index (χ0n) is 12.3. The molecule has 1 aliphatic rings. The van der Waals surface area contributed by atoms with E-state index in [2.05, 4.69) is 11.4 Å². The zero-order chi connectivity index (χ0) is 15.7. The van der Waals surface area contributed by atoms with Gasteiger partial charge in [-0.05, 0) is 38.3 Å². The van der Waals surface area contributed by atoms with Crippen molar-refractivity contribution in [3.8, 4) is 6.07 Å². The summed E-state index contributed by atoms with van der Waals surface area (Å²) in [6.45, 7) is 1.91. The minimum Gasteiger partial charge on any atom is -0.389 e. The molecule has 1 heterocycles. The SMILES string of the molecule is CC1(C(=O)Nc2ccccc2)CCCc2sc(N)c(C#N)c21. The lowest BCUT2D eigenvalue weighted by Crippen LogP contribution is -2.40. The minimum atomic E-state index is -0.706. The molecule has 0 radical (unpaired) electrons. The summed E-state index contributed by atoms with van der Waals surface area (Å²) < 4.78 is 0. The number of rotatable bonds is 2. The Morgan fingerprint density at radius 1 is 1.41 bits per heavy atom. The summed E-state index contributed by atoms with van der Waals surface area (Å²) in [6, 6.07) is 11.6. The number of hydrogen-bond acceptors (Lipinski definition) is 4. The van der Waals surface area contributed by atoms with E-state index in [-0.39, 0.29) is 5.91 Å². The first-order valence-corrected chi connectivity index (χ1v) is 8.06. The van der Waals surface area contributed by atoms with E-state index in [1.807, 2.05) is 37.3 Å². The summed E-state index contributed by atoms with van der Waals surface area (Å²) in [5.74, 6) is -0.0750. The number of nitrogen functional groups attached to an aromatic ring is 1. The van der Waals surface area contributed by atoms with Crippen molar-refractivity contribution in [3.05, 3.63) is 46.3 Å². The number of nitrogens with two attached hydrogens (primary N) is 1.